The van der Waals surface area contributed by atoms with Crippen LogP contribution >= 0.6 is 11.8 Å². The molecule has 1 atom stereocenters. The third-order valence-corrected chi connectivity index (χ3v) is 3.99. The highest BCUT2D eigenvalue weighted by Crippen LogP contribution is 2.27. The standard InChI is InChI=1S/C10H15N3OS/c11-9-6-7(12-13-10(9)14)5-8-3-1-2-4-15-8/h6,8H,1-5H2,(H2,11,12)(H,13,14). The van der Waals surface area contributed by atoms with E-state index in [4.69, 9.17) is 5.73 Å². The largest absolute Gasteiger partial charge is 0.394 e. The number of H-pyrrole nitrogens is 1. The molecule has 0 bridgehead atoms. The summed E-state index contributed by atoms with van der Waals surface area (Å²) in [5.41, 5.74) is 6.40. The summed E-state index contributed by atoms with van der Waals surface area (Å²) in [7, 11) is 0. The second-order valence-corrected chi connectivity index (χ2v) is 5.24. The molecule has 0 spiro atoms. The van der Waals surface area contributed by atoms with Crippen LogP contribution in [0, 0.1) is 0 Å². The Labute approximate surface area is 92.6 Å². The number of nitrogens with two attached hydrogens (primary N) is 1. The summed E-state index contributed by atoms with van der Waals surface area (Å²) in [6.45, 7) is 0. The van der Waals surface area contributed by atoms with E-state index in [9.17, 15) is 4.79 Å². The first-order valence-electron chi connectivity index (χ1n) is 5.21. The molecule has 3 N–H and O–H groups in total. The smallest absolute Gasteiger partial charge is 0.287 e. The van der Waals surface area contributed by atoms with E-state index >= 15 is 0 Å². The normalized spacial score (nSPS) is 21.5. The molecule has 1 fully saturated rings. The fourth-order valence-electron chi connectivity index (χ4n) is 1.77. The van der Waals surface area contributed by atoms with Gasteiger partial charge < -0.3 is 5.73 Å². The number of nitrogens with zero attached hydrogens (tertiary/aromatic N) is 1. The van der Waals surface area contributed by atoms with Crippen LogP contribution in [0.3, 0.4) is 0 Å². The molecule has 2 heterocycles. The molecule has 1 aromatic rings. The van der Waals surface area contributed by atoms with Gasteiger partial charge in [-0.1, -0.05) is 6.42 Å². The van der Waals surface area contributed by atoms with Crippen LogP contribution in [0.25, 0.3) is 0 Å². The minimum atomic E-state index is -0.296. The fraction of sp³-hybridized carbons (Fsp3) is 0.600. The number of rotatable bonds is 2. The van der Waals surface area contributed by atoms with Gasteiger partial charge >= 0.3 is 0 Å². The highest BCUT2D eigenvalue weighted by atomic mass is 32.2. The van der Waals surface area contributed by atoms with Gasteiger partial charge in [0.05, 0.1) is 5.69 Å². The van der Waals surface area contributed by atoms with Crippen molar-refractivity contribution < 1.29 is 0 Å². The van der Waals surface area contributed by atoms with Crippen molar-refractivity contribution in [3.63, 3.8) is 0 Å². The van der Waals surface area contributed by atoms with E-state index in [2.05, 4.69) is 10.2 Å². The average Bonchev–Trinajstić information content (AvgIpc) is 2.25. The molecule has 0 radical (unpaired) electrons. The molecular weight excluding hydrogens is 210 g/mol. The van der Waals surface area contributed by atoms with Gasteiger partial charge in [-0.15, -0.1) is 0 Å². The Morgan fingerprint density at radius 3 is 3.13 bits per heavy atom. The third kappa shape index (κ3) is 2.75. The van der Waals surface area contributed by atoms with Crippen molar-refractivity contribution in [1.82, 2.24) is 10.2 Å². The summed E-state index contributed by atoms with van der Waals surface area (Å²) in [5, 5.41) is 7.06. The molecule has 1 aromatic heterocycles. The number of hydrogen-bond donors (Lipinski definition) is 2. The number of anilines is 1. The Morgan fingerprint density at radius 2 is 2.47 bits per heavy atom. The first-order valence-corrected chi connectivity index (χ1v) is 6.26. The van der Waals surface area contributed by atoms with Crippen LogP contribution in [-0.4, -0.2) is 21.2 Å². The molecule has 1 saturated heterocycles. The van der Waals surface area contributed by atoms with E-state index in [0.29, 0.717) is 5.25 Å². The van der Waals surface area contributed by atoms with Crippen LogP contribution in [0.2, 0.25) is 0 Å². The van der Waals surface area contributed by atoms with Gasteiger partial charge in [0.2, 0.25) is 0 Å². The molecule has 0 aliphatic carbocycles. The van der Waals surface area contributed by atoms with Crippen LogP contribution in [-0.2, 0) is 6.42 Å². The number of aromatic amines is 1. The first-order chi connectivity index (χ1) is 7.25. The molecule has 0 amide bonds. The van der Waals surface area contributed by atoms with E-state index in [1.807, 2.05) is 11.8 Å². The van der Waals surface area contributed by atoms with Crippen molar-refractivity contribution in [1.29, 1.82) is 0 Å². The number of thioether (sulfide) groups is 1. The van der Waals surface area contributed by atoms with Crippen molar-refractivity contribution in [3.05, 3.63) is 22.1 Å². The highest BCUT2D eigenvalue weighted by Gasteiger charge is 2.15. The van der Waals surface area contributed by atoms with E-state index in [1.54, 1.807) is 6.07 Å². The van der Waals surface area contributed by atoms with Crippen molar-refractivity contribution in [2.24, 2.45) is 0 Å². The molecule has 5 heteroatoms. The van der Waals surface area contributed by atoms with Gasteiger partial charge in [0.25, 0.3) is 5.56 Å². The zero-order chi connectivity index (χ0) is 10.7. The summed E-state index contributed by atoms with van der Waals surface area (Å²) in [6, 6.07) is 1.69. The lowest BCUT2D eigenvalue weighted by atomic mass is 10.1. The summed E-state index contributed by atoms with van der Waals surface area (Å²) >= 11 is 2.00. The van der Waals surface area contributed by atoms with E-state index < -0.39 is 0 Å². The van der Waals surface area contributed by atoms with Gasteiger partial charge in [-0.05, 0) is 24.7 Å². The second kappa shape index (κ2) is 4.70. The number of hydrogen-bond acceptors (Lipinski definition) is 4. The molecule has 4 nitrogen and oxygen atoms in total. The Morgan fingerprint density at radius 1 is 1.60 bits per heavy atom. The van der Waals surface area contributed by atoms with Crippen molar-refractivity contribution >= 4 is 17.4 Å². The lowest BCUT2D eigenvalue weighted by molar-refractivity contribution is 0.651. The SMILES string of the molecule is Nc1cc(CC2CCCCS2)n[nH]c1=O. The van der Waals surface area contributed by atoms with Gasteiger partial charge in [0, 0.05) is 11.7 Å². The van der Waals surface area contributed by atoms with Gasteiger partial charge in [-0.2, -0.15) is 16.9 Å². The second-order valence-electron chi connectivity index (χ2n) is 3.84. The quantitative estimate of drug-likeness (QED) is 0.792. The van der Waals surface area contributed by atoms with Crippen LogP contribution < -0.4 is 11.3 Å². The molecule has 15 heavy (non-hydrogen) atoms. The number of nitrogen functional groups attached to an aromatic ring is 1. The van der Waals surface area contributed by atoms with E-state index in [0.717, 1.165) is 12.1 Å². The molecular formula is C10H15N3OS. The average molecular weight is 225 g/mol. The summed E-state index contributed by atoms with van der Waals surface area (Å²) in [5.74, 6) is 1.24. The van der Waals surface area contributed by atoms with Crippen LogP contribution in [0.1, 0.15) is 25.0 Å². The predicted molar refractivity (Wildman–Crippen MR) is 63.1 cm³/mol. The Bertz CT molecular complexity index is 384. The van der Waals surface area contributed by atoms with Gasteiger partial charge in [0.1, 0.15) is 5.69 Å². The van der Waals surface area contributed by atoms with Crippen LogP contribution in [0.15, 0.2) is 10.9 Å². The zero-order valence-electron chi connectivity index (χ0n) is 8.53. The number of nitrogens with one attached hydrogen (secondary N) is 1. The molecule has 0 saturated carbocycles. The minimum Gasteiger partial charge on any atom is -0.394 e. The Hall–Kier alpha value is -0.970. The first kappa shape index (κ1) is 10.5. The summed E-state index contributed by atoms with van der Waals surface area (Å²) < 4.78 is 0. The maximum absolute atomic E-state index is 11.0. The highest BCUT2D eigenvalue weighted by molar-refractivity contribution is 7.99. The van der Waals surface area contributed by atoms with Crippen LogP contribution in [0.4, 0.5) is 5.69 Å². The Kier molecular flexibility index (Phi) is 3.30. The van der Waals surface area contributed by atoms with Gasteiger partial charge in [-0.25, -0.2) is 5.10 Å². The fourth-order valence-corrected chi connectivity index (χ4v) is 3.10. The van der Waals surface area contributed by atoms with E-state index in [-0.39, 0.29) is 11.2 Å². The molecule has 2 rings (SSSR count). The molecule has 82 valence electrons. The molecule has 0 aromatic carbocycles. The maximum Gasteiger partial charge on any atom is 0.287 e. The topological polar surface area (TPSA) is 71.8 Å². The van der Waals surface area contributed by atoms with Crippen LogP contribution in [0.5, 0.6) is 0 Å². The van der Waals surface area contributed by atoms with Crippen molar-refractivity contribution in [2.75, 3.05) is 11.5 Å². The minimum absolute atomic E-state index is 0.265. The number of aromatic nitrogens is 2. The lowest BCUT2D eigenvalue weighted by Gasteiger charge is -2.20. The predicted octanol–water partition coefficient (Wildman–Crippen LogP) is 1.18. The monoisotopic (exact) mass is 225 g/mol. The van der Waals surface area contributed by atoms with Crippen molar-refractivity contribution in [2.45, 2.75) is 30.9 Å². The maximum atomic E-state index is 11.0. The van der Waals surface area contributed by atoms with E-state index in [1.165, 1.54) is 25.0 Å². The van der Waals surface area contributed by atoms with Crippen molar-refractivity contribution in [3.8, 4) is 0 Å². The molecule has 1 aliphatic heterocycles. The van der Waals surface area contributed by atoms with Gasteiger partial charge in [0.15, 0.2) is 0 Å². The zero-order valence-corrected chi connectivity index (χ0v) is 9.35. The molecule has 1 aliphatic rings. The lowest BCUT2D eigenvalue weighted by Crippen LogP contribution is -2.18. The Balaban J connectivity index is 2.03. The summed E-state index contributed by atoms with van der Waals surface area (Å²) in [4.78, 5) is 11.0. The summed E-state index contributed by atoms with van der Waals surface area (Å²) in [6.07, 6.45) is 4.77. The third-order valence-electron chi connectivity index (χ3n) is 2.60. The van der Waals surface area contributed by atoms with Gasteiger partial charge in [-0.3, -0.25) is 4.79 Å². The molecule has 1 unspecified atom stereocenters.